The standard InChI is InChI=1S/C22H29FN6O3.C22H27FN6O.C12H18N2.C10H10ClFN4O/c1-3-18(20(25)31)27-22-17(23)12-16(19(24)30)21(28-22)26-15-6-4-13(5-7-15)14-8-10-29(2,32)11-9-14;1-3-19(20(25)30)27-22-18(23)12-16(13-24)21(28-22)26-17-6-4-14(5-7-17)15-8-10-29(2)11-9-15;1-14-8-6-11(7-9-14)10-2-4-12(13)5-3-10;1-2-7(9(14)17)15-10-6(12)3-5(4-13)8(11)16-10/h4-7,12,14,18,32H,3,8-11H2,1-2H3,(H5-,24,25,26,27,28,30,31);4-7,12,15,19H,3,8-11H2,1-2H3,(H2,25,30)(H2,26,27,28);2-5,11H,6-9,13H2,1H3;3,7H,2H2,1H3,(H2,14,17)(H,15,16)/p+1/t14?,18-,29?;19-;;7-/m11.1/s1. The molecule has 0 bridgehead atoms. The van der Waals surface area contributed by atoms with E-state index < -0.39 is 59.2 Å². The number of quaternary nitrogens is 1. The third-order valence-electron chi connectivity index (χ3n) is 16.6. The third-order valence-corrected chi connectivity index (χ3v) is 16.9. The zero-order chi connectivity index (χ0) is 68.1. The van der Waals surface area contributed by atoms with Gasteiger partial charge in [0, 0.05) is 29.9 Å². The number of hydrogen-bond acceptors (Lipinski definition) is 18. The Labute approximate surface area is 545 Å². The largest absolute Gasteiger partial charge is 0.399 e. The summed E-state index contributed by atoms with van der Waals surface area (Å²) in [4.78, 5) is 62.5. The number of halogens is 4. The normalized spacial score (nSPS) is 17.7. The number of aromatic nitrogens is 3. The van der Waals surface area contributed by atoms with Gasteiger partial charge in [-0.15, -0.1) is 0 Å². The second-order valence-electron chi connectivity index (χ2n) is 23.6. The van der Waals surface area contributed by atoms with Gasteiger partial charge in [0.1, 0.15) is 54.3 Å². The van der Waals surface area contributed by atoms with Crippen molar-refractivity contribution in [3.05, 3.63) is 147 Å². The molecule has 16 N–H and O–H groups in total. The van der Waals surface area contributed by atoms with Crippen LogP contribution in [0, 0.1) is 40.1 Å². The number of benzene rings is 3. The van der Waals surface area contributed by atoms with Crippen LogP contribution in [0.5, 0.6) is 0 Å². The van der Waals surface area contributed by atoms with E-state index in [-0.39, 0.29) is 55.6 Å². The molecule has 3 atom stereocenters. The molecule has 0 spiro atoms. The fraction of sp³-hybridized carbons (Fsp3) is 0.409. The molecular formula is C66H85ClF3N18O5+. The number of pyridine rings is 3. The summed E-state index contributed by atoms with van der Waals surface area (Å²) in [6.07, 6.45) is 7.71. The Morgan fingerprint density at radius 3 is 1.29 bits per heavy atom. The van der Waals surface area contributed by atoms with Crippen molar-refractivity contribution in [2.75, 3.05) is 92.7 Å². The molecule has 93 heavy (non-hydrogen) atoms. The SMILES string of the molecule is CC[C@@H](Nc1nc(Cl)c(C#N)cc1F)C(N)=O.CC[C@@H](Nc1nc(Nc2ccc(C3CCN(C)CC3)cc2)c(C#N)cc1F)C(N)=O.CC[C@@H](Nc1nc(Nc2ccc(C3CC[N+](C)(O)CC3)cc2)c(C(N)=O)cc1F)C(N)=O.CN1CCC(c2ccc(N)cc2)CC1. The van der Waals surface area contributed by atoms with Gasteiger partial charge in [-0.1, -0.05) is 68.8 Å². The molecule has 9 rings (SSSR count). The van der Waals surface area contributed by atoms with Crippen LogP contribution in [0.3, 0.4) is 0 Å². The molecule has 3 fully saturated rings. The molecule has 0 saturated carbocycles. The minimum absolute atomic E-state index is 0.0489. The van der Waals surface area contributed by atoms with E-state index in [9.17, 15) is 42.8 Å². The molecule has 0 aliphatic carbocycles. The van der Waals surface area contributed by atoms with E-state index in [0.717, 1.165) is 79.8 Å². The second kappa shape index (κ2) is 34.4. The van der Waals surface area contributed by atoms with Crippen molar-refractivity contribution in [1.82, 2.24) is 24.8 Å². The number of hydroxylamine groups is 3. The zero-order valence-electron chi connectivity index (χ0n) is 53.3. The number of hydrogen-bond donors (Lipinski definition) is 11. The summed E-state index contributed by atoms with van der Waals surface area (Å²) < 4.78 is 42.4. The van der Waals surface area contributed by atoms with Gasteiger partial charge in [0.2, 0.25) is 17.7 Å². The van der Waals surface area contributed by atoms with Crippen LogP contribution in [0.25, 0.3) is 0 Å². The van der Waals surface area contributed by atoms with Gasteiger partial charge < -0.3 is 65.1 Å². The number of nitrogens with one attached hydrogen (secondary N) is 5. The first-order valence-electron chi connectivity index (χ1n) is 30.8. The molecule has 3 aromatic heterocycles. The smallest absolute Gasteiger partial charge is 0.252 e. The van der Waals surface area contributed by atoms with Gasteiger partial charge in [-0.05, 0) is 174 Å². The summed E-state index contributed by atoms with van der Waals surface area (Å²) in [5.41, 5.74) is 32.9. The predicted octanol–water partition coefficient (Wildman–Crippen LogP) is 9.27. The molecule has 0 radical (unpaired) electrons. The molecule has 3 aromatic carbocycles. The molecule has 6 heterocycles. The van der Waals surface area contributed by atoms with Crippen LogP contribution in [0.15, 0.2) is 91.0 Å². The maximum atomic E-state index is 14.5. The highest BCUT2D eigenvalue weighted by Gasteiger charge is 2.30. The molecule has 3 aliphatic rings. The number of rotatable bonds is 20. The Morgan fingerprint density at radius 2 is 0.914 bits per heavy atom. The van der Waals surface area contributed by atoms with Crippen LogP contribution < -0.4 is 55.3 Å². The van der Waals surface area contributed by atoms with E-state index in [1.165, 1.54) is 37.1 Å². The highest BCUT2D eigenvalue weighted by Crippen LogP contribution is 2.34. The third kappa shape index (κ3) is 21.4. The van der Waals surface area contributed by atoms with Crippen molar-refractivity contribution in [1.29, 1.82) is 10.5 Å². The average Bonchev–Trinajstić information content (AvgIpc) is 2.71. The van der Waals surface area contributed by atoms with Crippen LogP contribution in [-0.2, 0) is 14.4 Å². The molecule has 496 valence electrons. The topological polar surface area (TPSA) is 371 Å². The monoisotopic (exact) mass is 1300 g/mol. The van der Waals surface area contributed by atoms with Crippen molar-refractivity contribution in [2.45, 2.75) is 114 Å². The lowest BCUT2D eigenvalue weighted by Gasteiger charge is -2.33. The number of anilines is 8. The zero-order valence-corrected chi connectivity index (χ0v) is 54.0. The van der Waals surface area contributed by atoms with Crippen LogP contribution >= 0.6 is 11.6 Å². The Bertz CT molecular complexity index is 3590. The Kier molecular flexibility index (Phi) is 26.9. The van der Waals surface area contributed by atoms with Crippen LogP contribution in [0.4, 0.5) is 59.3 Å². The molecular weight excluding hydrogens is 1220 g/mol. The number of carbonyl (C=O) groups excluding carboxylic acids is 4. The van der Waals surface area contributed by atoms with Gasteiger partial charge >= 0.3 is 0 Å². The quantitative estimate of drug-likeness (QED) is 0.0193. The molecule has 27 heteroatoms. The number of nitrogens with two attached hydrogens (primary N) is 5. The van der Waals surface area contributed by atoms with Crippen LogP contribution in [0.2, 0.25) is 5.15 Å². The highest BCUT2D eigenvalue weighted by molar-refractivity contribution is 6.30. The second-order valence-corrected chi connectivity index (χ2v) is 23.9. The lowest BCUT2D eigenvalue weighted by atomic mass is 9.89. The van der Waals surface area contributed by atoms with E-state index in [1.807, 2.05) is 61.6 Å². The van der Waals surface area contributed by atoms with Crippen molar-refractivity contribution in [3.8, 4) is 12.1 Å². The van der Waals surface area contributed by atoms with Gasteiger partial charge in [-0.25, -0.2) is 33.3 Å². The lowest BCUT2D eigenvalue weighted by Crippen LogP contribution is -2.46. The van der Waals surface area contributed by atoms with Gasteiger partial charge in [0.05, 0.1) is 23.7 Å². The molecule has 0 unspecified atom stereocenters. The molecule has 6 aromatic rings. The van der Waals surface area contributed by atoms with Crippen LogP contribution in [-0.4, -0.2) is 137 Å². The van der Waals surface area contributed by atoms with E-state index in [4.69, 9.17) is 45.5 Å². The summed E-state index contributed by atoms with van der Waals surface area (Å²) in [5, 5.41) is 42.0. The summed E-state index contributed by atoms with van der Waals surface area (Å²) in [5.74, 6) is -3.55. The van der Waals surface area contributed by atoms with E-state index >= 15 is 0 Å². The van der Waals surface area contributed by atoms with Crippen molar-refractivity contribution in [3.63, 3.8) is 0 Å². The van der Waals surface area contributed by atoms with Crippen LogP contribution in [0.1, 0.15) is 134 Å². The maximum absolute atomic E-state index is 14.5. The van der Waals surface area contributed by atoms with Crippen molar-refractivity contribution in [2.24, 2.45) is 22.9 Å². The minimum atomic E-state index is -0.837. The molecule has 3 aliphatic heterocycles. The average molecular weight is 1300 g/mol. The van der Waals surface area contributed by atoms with E-state index in [1.54, 1.807) is 26.8 Å². The number of nitrogen functional groups attached to an aromatic ring is 1. The highest BCUT2D eigenvalue weighted by atomic mass is 35.5. The van der Waals surface area contributed by atoms with Crippen molar-refractivity contribution < 1.29 is 42.2 Å². The van der Waals surface area contributed by atoms with Gasteiger partial charge in [-0.3, -0.25) is 19.2 Å². The Balaban J connectivity index is 0.000000207. The predicted molar refractivity (Wildman–Crippen MR) is 355 cm³/mol. The summed E-state index contributed by atoms with van der Waals surface area (Å²) in [6.45, 7) is 11.2. The Hall–Kier alpha value is -9.31. The first-order chi connectivity index (χ1) is 44.2. The first kappa shape index (κ1) is 72.7. The lowest BCUT2D eigenvalue weighted by molar-refractivity contribution is -1.09. The number of piperidine rings is 3. The summed E-state index contributed by atoms with van der Waals surface area (Å²) in [7, 11) is 6.14. The number of nitrogens with zero attached hydrogens (tertiary/aromatic N) is 8. The molecule has 4 amide bonds. The fourth-order valence-electron chi connectivity index (χ4n) is 10.8. The molecule has 3 saturated heterocycles. The first-order valence-corrected chi connectivity index (χ1v) is 31.2. The van der Waals surface area contributed by atoms with Gasteiger partial charge in [0.15, 0.2) is 40.7 Å². The van der Waals surface area contributed by atoms with Crippen molar-refractivity contribution >= 4 is 81.4 Å². The van der Waals surface area contributed by atoms with E-state index in [0.29, 0.717) is 49.9 Å². The molecule has 23 nitrogen and oxygen atoms in total. The van der Waals surface area contributed by atoms with E-state index in [2.05, 4.69) is 89.7 Å². The number of likely N-dealkylation sites (tertiary alicyclic amines) is 3. The fourth-order valence-corrected chi connectivity index (χ4v) is 10.9. The number of primary amides is 4. The van der Waals surface area contributed by atoms with Gasteiger partial charge in [-0.2, -0.15) is 15.2 Å². The minimum Gasteiger partial charge on any atom is -0.399 e. The summed E-state index contributed by atoms with van der Waals surface area (Å²) >= 11 is 5.65. The number of nitriles is 2. The van der Waals surface area contributed by atoms with Gasteiger partial charge in [0.25, 0.3) is 5.91 Å². The number of carbonyl (C=O) groups is 4. The Morgan fingerprint density at radius 1 is 0.570 bits per heavy atom. The maximum Gasteiger partial charge on any atom is 0.252 e. The number of amides is 4. The summed E-state index contributed by atoms with van der Waals surface area (Å²) in [6, 6.07) is 28.4.